The van der Waals surface area contributed by atoms with Crippen molar-refractivity contribution in [2.24, 2.45) is 0 Å². The Labute approximate surface area is 121 Å². The first-order valence-corrected chi connectivity index (χ1v) is 2.07. The zero-order valence-electron chi connectivity index (χ0n) is 6.06. The zero-order valence-corrected chi connectivity index (χ0v) is 10.3. The van der Waals surface area contributed by atoms with Crippen molar-refractivity contribution in [2.45, 2.75) is 0 Å². The molecule has 1 fully saturated rings. The van der Waals surface area contributed by atoms with Crippen LogP contribution >= 0.6 is 0 Å². The molecule has 1 rings (SSSR count). The summed E-state index contributed by atoms with van der Waals surface area (Å²) in [6, 6.07) is 0. The Morgan fingerprint density at radius 2 is 0.727 bits per heavy atom. The van der Waals surface area contributed by atoms with Crippen LogP contribution in [0.2, 0.25) is 0 Å². The van der Waals surface area contributed by atoms with Crippen LogP contribution in [0.3, 0.4) is 0 Å². The van der Waals surface area contributed by atoms with E-state index >= 15 is 0 Å². The fourth-order valence-corrected chi connectivity index (χ4v) is 0.321. The molecule has 0 spiro atoms. The molecule has 2 nitrogen and oxygen atoms in total. The fourth-order valence-electron chi connectivity index (χ4n) is 0.321. The average molecular weight is 216 g/mol. The van der Waals surface area contributed by atoms with Crippen LogP contribution in [0.4, 0.5) is 0 Å². The van der Waals surface area contributed by atoms with Gasteiger partial charge in [0.05, 0.1) is 0 Å². The molecule has 0 amide bonds. The van der Waals surface area contributed by atoms with Crippen LogP contribution in [-0.2, 0) is 26.4 Å². The van der Waals surface area contributed by atoms with E-state index in [4.69, 9.17) is 9.30 Å². The summed E-state index contributed by atoms with van der Waals surface area (Å²) in [5.74, 6) is 0. The molecular weight excluding hydrogens is 211 g/mol. The van der Waals surface area contributed by atoms with Gasteiger partial charge in [-0.25, -0.2) is 0 Å². The first kappa shape index (κ1) is 22.9. The molecule has 0 unspecified atom stereocenters. The van der Waals surface area contributed by atoms with Crippen molar-refractivity contribution in [3.63, 3.8) is 0 Å². The predicted molar refractivity (Wildman–Crippen MR) is 29.4 cm³/mol. The molecule has 53 valence electrons. The third-order valence-corrected chi connectivity index (χ3v) is 0.556. The Bertz CT molecular complexity index is 65.4. The number of hydrogen-bond acceptors (Lipinski definition) is 0. The summed E-state index contributed by atoms with van der Waals surface area (Å²) in [4.78, 5) is 0. The van der Waals surface area contributed by atoms with Gasteiger partial charge in [0.2, 0.25) is 0 Å². The van der Waals surface area contributed by atoms with Crippen molar-refractivity contribution in [1.29, 1.82) is 0 Å². The Balaban J connectivity index is -0.0000000369. The molecule has 0 aliphatic heterocycles. The van der Waals surface area contributed by atoms with Gasteiger partial charge in [-0.2, -0.15) is 0 Å². The van der Waals surface area contributed by atoms with E-state index < -0.39 is 0 Å². The summed E-state index contributed by atoms with van der Waals surface area (Å²) in [6.07, 6.45) is 10.0. The molecular formula is C7H5FeKO2+. The Kier molecular flexibility index (Phi) is 62.3. The molecule has 0 N–H and O–H groups in total. The van der Waals surface area contributed by atoms with Crippen LogP contribution in [0.15, 0.2) is 0 Å². The summed E-state index contributed by atoms with van der Waals surface area (Å²) >= 11 is 0. The SMILES string of the molecule is [C-]#[O+].[C-]#[O+].[CH]1[CH][CH][CH][CH]1.[Fe].[K+]. The zero-order chi connectivity index (χ0) is 7.54. The van der Waals surface area contributed by atoms with E-state index in [1.54, 1.807) is 0 Å². The van der Waals surface area contributed by atoms with Crippen molar-refractivity contribution < 1.29 is 77.8 Å². The molecule has 0 heterocycles. The average Bonchev–Trinajstić information content (AvgIpc) is 2.51. The van der Waals surface area contributed by atoms with E-state index in [-0.39, 0.29) is 68.5 Å². The molecule has 4 heteroatoms. The van der Waals surface area contributed by atoms with Gasteiger partial charge in [-0.15, -0.1) is 0 Å². The molecule has 0 aromatic rings. The minimum atomic E-state index is 0. The second kappa shape index (κ2) is 29.9. The van der Waals surface area contributed by atoms with Crippen LogP contribution < -0.4 is 51.4 Å². The van der Waals surface area contributed by atoms with Gasteiger partial charge in [-0.3, -0.25) is 0 Å². The number of hydrogen-bond donors (Lipinski definition) is 0. The molecule has 1 saturated carbocycles. The maximum Gasteiger partial charge on any atom is 1.00 e. The molecule has 0 aromatic carbocycles. The minimum Gasteiger partial charge on any atom is -0.0312 e. The summed E-state index contributed by atoms with van der Waals surface area (Å²) in [5, 5.41) is 0. The van der Waals surface area contributed by atoms with Crippen molar-refractivity contribution in [1.82, 2.24) is 0 Å². The van der Waals surface area contributed by atoms with Crippen LogP contribution in [0.5, 0.6) is 0 Å². The third-order valence-electron chi connectivity index (χ3n) is 0.556. The monoisotopic (exact) mass is 216 g/mol. The Morgan fingerprint density at radius 1 is 0.636 bits per heavy atom. The quantitative estimate of drug-likeness (QED) is 0.254. The van der Waals surface area contributed by atoms with Gasteiger partial charge < -0.3 is 0 Å². The molecule has 11 heavy (non-hydrogen) atoms. The maximum absolute atomic E-state index is 7.50. The van der Waals surface area contributed by atoms with Crippen molar-refractivity contribution >= 4 is 0 Å². The predicted octanol–water partition coefficient (Wildman–Crippen LogP) is -2.05. The topological polar surface area (TPSA) is 39.8 Å². The van der Waals surface area contributed by atoms with E-state index in [0.29, 0.717) is 0 Å². The van der Waals surface area contributed by atoms with Crippen LogP contribution in [-0.4, -0.2) is 0 Å². The molecule has 1 aliphatic carbocycles. The van der Waals surface area contributed by atoms with Gasteiger partial charge in [-0.05, 0) is 32.1 Å². The second-order valence-corrected chi connectivity index (χ2v) is 0.962. The Hall–Kier alpha value is 1.64. The fraction of sp³-hybridized carbons (Fsp3) is 0. The van der Waals surface area contributed by atoms with Crippen molar-refractivity contribution in [2.75, 3.05) is 0 Å². The summed E-state index contributed by atoms with van der Waals surface area (Å²) in [6.45, 7) is 9.00. The van der Waals surface area contributed by atoms with Gasteiger partial charge in [0.25, 0.3) is 0 Å². The van der Waals surface area contributed by atoms with Crippen molar-refractivity contribution in [3.8, 4) is 0 Å². The molecule has 0 saturated heterocycles. The first-order valence-electron chi connectivity index (χ1n) is 2.07. The summed E-state index contributed by atoms with van der Waals surface area (Å²) < 4.78 is 15.0. The van der Waals surface area contributed by atoms with E-state index in [9.17, 15) is 0 Å². The van der Waals surface area contributed by atoms with Crippen LogP contribution in [0, 0.1) is 45.4 Å². The standard InChI is InChI=1S/C5H5.2CO.Fe.K/c1-2-4-5-3-1;2*1-2;;/h1-5H;;;;/q;;;;+1. The van der Waals surface area contributed by atoms with Gasteiger partial charge in [-0.1, -0.05) is 0 Å². The third kappa shape index (κ3) is 24.5. The molecule has 0 bridgehead atoms. The van der Waals surface area contributed by atoms with Crippen LogP contribution in [0.25, 0.3) is 0 Å². The van der Waals surface area contributed by atoms with Gasteiger partial charge >= 0.3 is 74.0 Å². The molecule has 0 atom stereocenters. The summed E-state index contributed by atoms with van der Waals surface area (Å²) in [7, 11) is 0. The second-order valence-electron chi connectivity index (χ2n) is 0.962. The molecule has 1 aliphatic rings. The van der Waals surface area contributed by atoms with Gasteiger partial charge in [0.1, 0.15) is 0 Å². The Morgan fingerprint density at radius 3 is 0.818 bits per heavy atom. The molecule has 5 radical (unpaired) electrons. The van der Waals surface area contributed by atoms with Gasteiger partial charge in [0, 0.05) is 17.1 Å². The number of rotatable bonds is 0. The van der Waals surface area contributed by atoms with Crippen LogP contribution in [0.1, 0.15) is 0 Å². The van der Waals surface area contributed by atoms with E-state index in [1.165, 1.54) is 0 Å². The van der Waals surface area contributed by atoms with E-state index in [0.717, 1.165) is 0 Å². The normalized spacial score (nSPS) is 11.3. The van der Waals surface area contributed by atoms with Crippen molar-refractivity contribution in [3.05, 3.63) is 45.4 Å². The largest absolute Gasteiger partial charge is 1.00 e. The van der Waals surface area contributed by atoms with Gasteiger partial charge in [0.15, 0.2) is 0 Å². The van der Waals surface area contributed by atoms with E-state index in [2.05, 4.69) is 13.3 Å². The van der Waals surface area contributed by atoms with E-state index in [1.807, 2.05) is 32.1 Å². The maximum atomic E-state index is 7.50. The smallest absolute Gasteiger partial charge is 0.0312 e. The summed E-state index contributed by atoms with van der Waals surface area (Å²) in [5.41, 5.74) is 0. The minimum absolute atomic E-state index is 0. The first-order chi connectivity index (χ1) is 4.50. The molecule has 0 aromatic heterocycles.